The number of aromatic nitrogens is 8. The van der Waals surface area contributed by atoms with Gasteiger partial charge in [0.05, 0.1) is 12.6 Å². The number of anilines is 1. The fourth-order valence-electron chi connectivity index (χ4n) is 3.31. The van der Waals surface area contributed by atoms with Gasteiger partial charge >= 0.3 is 0 Å². The number of tetrazole rings is 1. The maximum atomic E-state index is 4.67. The third-order valence-corrected chi connectivity index (χ3v) is 4.92. The van der Waals surface area contributed by atoms with Gasteiger partial charge in [0.25, 0.3) is 0 Å². The van der Waals surface area contributed by atoms with E-state index >= 15 is 0 Å². The van der Waals surface area contributed by atoms with Gasteiger partial charge in [-0.3, -0.25) is 4.90 Å². The molecule has 2 fully saturated rings. The molecule has 0 radical (unpaired) electrons. The second kappa shape index (κ2) is 5.73. The maximum absolute atomic E-state index is 4.67. The van der Waals surface area contributed by atoms with Crippen LogP contribution in [-0.4, -0.2) is 71.1 Å². The lowest BCUT2D eigenvalue weighted by atomic mass is 10.3. The number of rotatable bonds is 4. The zero-order valence-corrected chi connectivity index (χ0v) is 14.2. The van der Waals surface area contributed by atoms with E-state index in [0.717, 1.165) is 55.8 Å². The van der Waals surface area contributed by atoms with Crippen LogP contribution in [-0.2, 0) is 6.54 Å². The smallest absolute Gasteiger partial charge is 0.178 e. The van der Waals surface area contributed by atoms with E-state index in [0.29, 0.717) is 6.04 Å². The van der Waals surface area contributed by atoms with E-state index in [1.54, 1.807) is 4.52 Å². The predicted octanol–water partition coefficient (Wildman–Crippen LogP) is 0.0763. The van der Waals surface area contributed by atoms with Gasteiger partial charge < -0.3 is 4.90 Å². The van der Waals surface area contributed by atoms with E-state index in [9.17, 15) is 0 Å². The van der Waals surface area contributed by atoms with Gasteiger partial charge in [-0.1, -0.05) is 0 Å². The first-order valence-corrected chi connectivity index (χ1v) is 8.71. The summed E-state index contributed by atoms with van der Waals surface area (Å²) in [4.78, 5) is 4.71. The molecule has 0 bridgehead atoms. The van der Waals surface area contributed by atoms with Crippen molar-refractivity contribution in [2.24, 2.45) is 0 Å². The van der Waals surface area contributed by atoms with E-state index < -0.39 is 0 Å². The molecule has 1 aliphatic carbocycles. The second-order valence-corrected chi connectivity index (χ2v) is 6.74. The molecular weight excluding hydrogens is 320 g/mol. The number of hydrogen-bond acceptors (Lipinski definition) is 8. The zero-order chi connectivity index (χ0) is 16.8. The summed E-state index contributed by atoms with van der Waals surface area (Å²) in [5, 5.41) is 25.0. The Morgan fingerprint density at radius 3 is 2.68 bits per heavy atom. The summed E-state index contributed by atoms with van der Waals surface area (Å²) in [6.07, 6.45) is 2.39. The van der Waals surface area contributed by atoms with Crippen molar-refractivity contribution in [1.82, 2.24) is 44.9 Å². The van der Waals surface area contributed by atoms with Crippen molar-refractivity contribution < 1.29 is 0 Å². The van der Waals surface area contributed by atoms with Gasteiger partial charge in [0, 0.05) is 26.2 Å². The van der Waals surface area contributed by atoms with Gasteiger partial charge in [0.2, 0.25) is 0 Å². The first-order chi connectivity index (χ1) is 12.3. The van der Waals surface area contributed by atoms with Crippen LogP contribution >= 0.6 is 0 Å². The Labute approximate surface area is 144 Å². The van der Waals surface area contributed by atoms with Gasteiger partial charge in [-0.25, -0.2) is 4.68 Å². The van der Waals surface area contributed by atoms with Crippen LogP contribution in [0, 0.1) is 6.92 Å². The summed E-state index contributed by atoms with van der Waals surface area (Å²) in [6.45, 7) is 6.54. The molecule has 0 spiro atoms. The molecule has 0 unspecified atom stereocenters. The summed E-state index contributed by atoms with van der Waals surface area (Å²) in [5.74, 6) is 2.76. The standard InChI is InChI=1S/C15H20N10/c1-11-16-17-13-4-5-14(19-24(11)13)23-8-6-22(7-9-23)10-15-18-20-21-25(15)12-2-3-12/h4-5,12H,2-3,6-10H2,1H3. The third kappa shape index (κ3) is 2.72. The molecule has 0 N–H and O–H groups in total. The lowest BCUT2D eigenvalue weighted by Crippen LogP contribution is -2.46. The minimum absolute atomic E-state index is 0.522. The Balaban J connectivity index is 1.25. The molecule has 10 heteroatoms. The molecule has 10 nitrogen and oxygen atoms in total. The fraction of sp³-hybridized carbons (Fsp3) is 0.600. The van der Waals surface area contributed by atoms with Crippen LogP contribution in [0.15, 0.2) is 12.1 Å². The van der Waals surface area contributed by atoms with Crippen LogP contribution < -0.4 is 4.90 Å². The van der Waals surface area contributed by atoms with E-state index in [1.807, 2.05) is 23.7 Å². The Kier molecular flexibility index (Phi) is 3.37. The topological polar surface area (TPSA) is 93.2 Å². The van der Waals surface area contributed by atoms with Crippen LogP contribution in [0.2, 0.25) is 0 Å². The molecule has 25 heavy (non-hydrogen) atoms. The highest BCUT2D eigenvalue weighted by Crippen LogP contribution is 2.34. The highest BCUT2D eigenvalue weighted by molar-refractivity contribution is 5.46. The lowest BCUT2D eigenvalue weighted by molar-refractivity contribution is 0.238. The summed E-state index contributed by atoms with van der Waals surface area (Å²) < 4.78 is 3.79. The molecule has 5 rings (SSSR count). The Morgan fingerprint density at radius 2 is 1.88 bits per heavy atom. The van der Waals surface area contributed by atoms with E-state index in [4.69, 9.17) is 0 Å². The van der Waals surface area contributed by atoms with Crippen molar-refractivity contribution in [2.75, 3.05) is 31.1 Å². The largest absolute Gasteiger partial charge is 0.353 e. The molecule has 0 aromatic carbocycles. The zero-order valence-electron chi connectivity index (χ0n) is 14.2. The van der Waals surface area contributed by atoms with Gasteiger partial charge in [-0.2, -0.15) is 4.52 Å². The number of hydrogen-bond donors (Lipinski definition) is 0. The third-order valence-electron chi connectivity index (χ3n) is 4.92. The van der Waals surface area contributed by atoms with Crippen LogP contribution in [0.4, 0.5) is 5.82 Å². The summed E-state index contributed by atoms with van der Waals surface area (Å²) in [6, 6.07) is 4.51. The number of piperazine rings is 1. The molecule has 1 saturated carbocycles. The first-order valence-electron chi connectivity index (χ1n) is 8.71. The number of nitrogens with zero attached hydrogens (tertiary/aromatic N) is 10. The van der Waals surface area contributed by atoms with Gasteiger partial charge in [-0.15, -0.1) is 20.4 Å². The van der Waals surface area contributed by atoms with Crippen LogP contribution in [0.1, 0.15) is 30.5 Å². The summed E-state index contributed by atoms with van der Waals surface area (Å²) in [7, 11) is 0. The van der Waals surface area contributed by atoms with E-state index in [2.05, 4.69) is 40.6 Å². The fourth-order valence-corrected chi connectivity index (χ4v) is 3.31. The molecule has 2 aliphatic rings. The quantitative estimate of drug-likeness (QED) is 0.659. The number of fused-ring (bicyclic) bond motifs is 1. The van der Waals surface area contributed by atoms with Crippen molar-refractivity contribution >= 4 is 11.5 Å². The normalized spacial score (nSPS) is 19.0. The molecule has 3 aromatic heterocycles. The van der Waals surface area contributed by atoms with Crippen molar-refractivity contribution in [2.45, 2.75) is 32.4 Å². The maximum Gasteiger partial charge on any atom is 0.178 e. The molecule has 0 amide bonds. The highest BCUT2D eigenvalue weighted by Gasteiger charge is 2.29. The van der Waals surface area contributed by atoms with E-state index in [-0.39, 0.29) is 0 Å². The number of aryl methyl sites for hydroxylation is 1. The predicted molar refractivity (Wildman–Crippen MR) is 89.1 cm³/mol. The van der Waals surface area contributed by atoms with Crippen LogP contribution in [0.5, 0.6) is 0 Å². The van der Waals surface area contributed by atoms with Gasteiger partial charge in [0.15, 0.2) is 17.3 Å². The molecular formula is C15H20N10. The monoisotopic (exact) mass is 340 g/mol. The summed E-state index contributed by atoms with van der Waals surface area (Å²) in [5.41, 5.74) is 0.784. The van der Waals surface area contributed by atoms with Crippen molar-refractivity contribution in [3.05, 3.63) is 23.8 Å². The second-order valence-electron chi connectivity index (χ2n) is 6.74. The Bertz CT molecular complexity index is 887. The summed E-state index contributed by atoms with van der Waals surface area (Å²) >= 11 is 0. The van der Waals surface area contributed by atoms with Gasteiger partial charge in [-0.05, 0) is 42.3 Å². The highest BCUT2D eigenvalue weighted by atomic mass is 15.6. The molecule has 1 aliphatic heterocycles. The van der Waals surface area contributed by atoms with Crippen molar-refractivity contribution in [3.63, 3.8) is 0 Å². The molecule has 1 saturated heterocycles. The van der Waals surface area contributed by atoms with E-state index in [1.165, 1.54) is 12.8 Å². The molecule has 4 heterocycles. The Morgan fingerprint density at radius 1 is 1.04 bits per heavy atom. The average Bonchev–Trinajstić information content (AvgIpc) is 3.28. The molecule has 0 atom stereocenters. The van der Waals surface area contributed by atoms with Crippen molar-refractivity contribution in [3.8, 4) is 0 Å². The van der Waals surface area contributed by atoms with Gasteiger partial charge in [0.1, 0.15) is 5.82 Å². The minimum Gasteiger partial charge on any atom is -0.353 e. The average molecular weight is 340 g/mol. The SMILES string of the molecule is Cc1nnc2ccc(N3CCN(Cc4nnnn4C4CC4)CC3)nn12. The van der Waals surface area contributed by atoms with Crippen LogP contribution in [0.3, 0.4) is 0 Å². The molecule has 130 valence electrons. The Hall–Kier alpha value is -2.62. The lowest BCUT2D eigenvalue weighted by Gasteiger charge is -2.34. The first kappa shape index (κ1) is 14.7. The van der Waals surface area contributed by atoms with Crippen LogP contribution in [0.25, 0.3) is 5.65 Å². The minimum atomic E-state index is 0.522. The van der Waals surface area contributed by atoms with Crippen molar-refractivity contribution in [1.29, 1.82) is 0 Å². The molecule has 3 aromatic rings.